The lowest BCUT2D eigenvalue weighted by molar-refractivity contribution is -0.137. The van der Waals surface area contributed by atoms with Gasteiger partial charge in [-0.05, 0) is 19.1 Å². The van der Waals surface area contributed by atoms with E-state index in [9.17, 15) is 9.59 Å². The van der Waals surface area contributed by atoms with E-state index in [2.05, 4.69) is 5.32 Å². The highest BCUT2D eigenvalue weighted by Crippen LogP contribution is 2.32. The maximum absolute atomic E-state index is 11.7. The number of para-hydroxylation sites is 2. The van der Waals surface area contributed by atoms with Crippen LogP contribution in [0.2, 0.25) is 0 Å². The van der Waals surface area contributed by atoms with E-state index in [1.165, 1.54) is 0 Å². The van der Waals surface area contributed by atoms with E-state index < -0.39 is 5.97 Å². The Morgan fingerprint density at radius 2 is 2.21 bits per heavy atom. The Morgan fingerprint density at radius 3 is 2.95 bits per heavy atom. The van der Waals surface area contributed by atoms with Crippen LogP contribution < -0.4 is 15.0 Å². The number of nitrogens with one attached hydrogen (secondary N) is 1. The van der Waals surface area contributed by atoms with Gasteiger partial charge in [-0.1, -0.05) is 12.1 Å². The van der Waals surface area contributed by atoms with Gasteiger partial charge in [0.1, 0.15) is 18.9 Å². The first-order valence-electron chi connectivity index (χ1n) is 6.05. The second-order valence-corrected chi connectivity index (χ2v) is 4.43. The summed E-state index contributed by atoms with van der Waals surface area (Å²) in [4.78, 5) is 24.0. The van der Waals surface area contributed by atoms with Crippen molar-refractivity contribution in [1.29, 1.82) is 0 Å². The van der Waals surface area contributed by atoms with Gasteiger partial charge in [0.05, 0.1) is 18.3 Å². The van der Waals surface area contributed by atoms with Crippen LogP contribution in [0.3, 0.4) is 0 Å². The average Bonchev–Trinajstić information content (AvgIpc) is 2.40. The van der Waals surface area contributed by atoms with E-state index in [4.69, 9.17) is 9.84 Å². The van der Waals surface area contributed by atoms with E-state index >= 15 is 0 Å². The summed E-state index contributed by atoms with van der Waals surface area (Å²) in [6.07, 6.45) is 0. The number of nitrogens with zero attached hydrogens (tertiary/aromatic N) is 1. The Bertz CT molecular complexity index is 489. The molecule has 1 aromatic carbocycles. The van der Waals surface area contributed by atoms with Gasteiger partial charge in [-0.25, -0.2) is 0 Å². The highest BCUT2D eigenvalue weighted by molar-refractivity contribution is 5.85. The zero-order chi connectivity index (χ0) is 13.8. The number of hydrogen-bond acceptors (Lipinski definition) is 4. The molecule has 2 N–H and O–H groups in total. The average molecular weight is 264 g/mol. The number of benzene rings is 1. The zero-order valence-corrected chi connectivity index (χ0v) is 10.6. The first kappa shape index (κ1) is 13.2. The van der Waals surface area contributed by atoms with Crippen molar-refractivity contribution in [2.45, 2.75) is 13.0 Å². The van der Waals surface area contributed by atoms with Crippen LogP contribution in [0.1, 0.15) is 6.92 Å². The SMILES string of the molecule is CC1COc2ccccc2N1CC(=O)NCC(=O)O. The summed E-state index contributed by atoms with van der Waals surface area (Å²) in [7, 11) is 0. The van der Waals surface area contributed by atoms with Crippen molar-refractivity contribution in [3.8, 4) is 5.75 Å². The molecule has 19 heavy (non-hydrogen) atoms. The molecule has 0 fully saturated rings. The van der Waals surface area contributed by atoms with Gasteiger partial charge in [-0.15, -0.1) is 0 Å². The van der Waals surface area contributed by atoms with Crippen LogP contribution >= 0.6 is 0 Å². The summed E-state index contributed by atoms with van der Waals surface area (Å²) in [5.74, 6) is -0.624. The van der Waals surface area contributed by atoms with E-state index in [1.807, 2.05) is 36.1 Å². The molecule has 0 saturated heterocycles. The molecule has 0 aliphatic carbocycles. The van der Waals surface area contributed by atoms with Gasteiger partial charge in [0.15, 0.2) is 0 Å². The Kier molecular flexibility index (Phi) is 3.89. The molecule has 1 aliphatic rings. The summed E-state index contributed by atoms with van der Waals surface area (Å²) >= 11 is 0. The minimum atomic E-state index is -1.05. The van der Waals surface area contributed by atoms with Crippen LogP contribution in [0.4, 0.5) is 5.69 Å². The molecule has 0 radical (unpaired) electrons. The molecule has 6 nitrogen and oxygen atoms in total. The maximum atomic E-state index is 11.7. The molecule has 1 aliphatic heterocycles. The van der Waals surface area contributed by atoms with Gasteiger partial charge >= 0.3 is 5.97 Å². The first-order chi connectivity index (χ1) is 9.08. The van der Waals surface area contributed by atoms with Crippen molar-refractivity contribution in [1.82, 2.24) is 5.32 Å². The molecule has 1 amide bonds. The third-order valence-electron chi connectivity index (χ3n) is 2.94. The summed E-state index contributed by atoms with van der Waals surface area (Å²) < 4.78 is 5.58. The normalized spacial score (nSPS) is 17.3. The van der Waals surface area contributed by atoms with Gasteiger partial charge in [-0.3, -0.25) is 9.59 Å². The Hall–Kier alpha value is -2.24. The second-order valence-electron chi connectivity index (χ2n) is 4.43. The number of aliphatic carboxylic acids is 1. The fourth-order valence-electron chi connectivity index (χ4n) is 1.98. The van der Waals surface area contributed by atoms with Crippen LogP contribution in [-0.2, 0) is 9.59 Å². The van der Waals surface area contributed by atoms with Crippen molar-refractivity contribution in [3.63, 3.8) is 0 Å². The number of amides is 1. The van der Waals surface area contributed by atoms with Gasteiger partial charge in [0, 0.05) is 0 Å². The van der Waals surface area contributed by atoms with Crippen LogP contribution in [0.5, 0.6) is 5.75 Å². The van der Waals surface area contributed by atoms with Gasteiger partial charge < -0.3 is 20.1 Å². The Balaban J connectivity index is 2.07. The quantitative estimate of drug-likeness (QED) is 0.826. The summed E-state index contributed by atoms with van der Waals surface area (Å²) in [5.41, 5.74) is 0.853. The van der Waals surface area contributed by atoms with Crippen LogP contribution in [0.15, 0.2) is 24.3 Å². The molecule has 1 heterocycles. The fourth-order valence-corrected chi connectivity index (χ4v) is 1.98. The number of carbonyl (C=O) groups is 2. The minimum Gasteiger partial charge on any atom is -0.489 e. The summed E-state index contributed by atoms with van der Waals surface area (Å²) in [6, 6.07) is 7.55. The smallest absolute Gasteiger partial charge is 0.322 e. The number of anilines is 1. The first-order valence-corrected chi connectivity index (χ1v) is 6.05. The number of carboxylic acids is 1. The van der Waals surface area contributed by atoms with Gasteiger partial charge in [0.2, 0.25) is 5.91 Å². The molecule has 0 bridgehead atoms. The molecule has 2 rings (SSSR count). The molecule has 1 atom stereocenters. The molecule has 0 saturated carbocycles. The monoisotopic (exact) mass is 264 g/mol. The van der Waals surface area contributed by atoms with E-state index in [-0.39, 0.29) is 25.0 Å². The van der Waals surface area contributed by atoms with Crippen LogP contribution in [0, 0.1) is 0 Å². The molecule has 1 aromatic rings. The number of fused-ring (bicyclic) bond motifs is 1. The zero-order valence-electron chi connectivity index (χ0n) is 10.6. The van der Waals surface area contributed by atoms with Crippen molar-refractivity contribution < 1.29 is 19.4 Å². The predicted molar refractivity (Wildman–Crippen MR) is 69.4 cm³/mol. The van der Waals surface area contributed by atoms with Crippen LogP contribution in [0.25, 0.3) is 0 Å². The third kappa shape index (κ3) is 3.15. The summed E-state index contributed by atoms with van der Waals surface area (Å²) in [6.45, 7) is 2.22. The van der Waals surface area contributed by atoms with E-state index in [0.29, 0.717) is 6.61 Å². The highest BCUT2D eigenvalue weighted by atomic mass is 16.5. The van der Waals surface area contributed by atoms with Crippen molar-refractivity contribution in [2.24, 2.45) is 0 Å². The number of hydrogen-bond donors (Lipinski definition) is 2. The lowest BCUT2D eigenvalue weighted by Gasteiger charge is -2.36. The largest absolute Gasteiger partial charge is 0.489 e. The Morgan fingerprint density at radius 1 is 1.47 bits per heavy atom. The molecule has 0 spiro atoms. The minimum absolute atomic E-state index is 0.0606. The lowest BCUT2D eigenvalue weighted by atomic mass is 10.1. The molecular formula is C13H16N2O4. The molecule has 6 heteroatoms. The van der Waals surface area contributed by atoms with Crippen LogP contribution in [-0.4, -0.2) is 42.7 Å². The van der Waals surface area contributed by atoms with Crippen molar-refractivity contribution >= 4 is 17.6 Å². The number of carboxylic acid groups (broad SMARTS) is 1. The Labute approximate surface area is 111 Å². The van der Waals surface area contributed by atoms with Crippen molar-refractivity contribution in [3.05, 3.63) is 24.3 Å². The third-order valence-corrected chi connectivity index (χ3v) is 2.94. The highest BCUT2D eigenvalue weighted by Gasteiger charge is 2.25. The molecule has 1 unspecified atom stereocenters. The number of carbonyl (C=O) groups excluding carboxylic acids is 1. The van der Waals surface area contributed by atoms with Crippen molar-refractivity contribution in [2.75, 3.05) is 24.6 Å². The van der Waals surface area contributed by atoms with E-state index in [0.717, 1.165) is 11.4 Å². The number of rotatable bonds is 4. The van der Waals surface area contributed by atoms with Gasteiger partial charge in [0.25, 0.3) is 0 Å². The van der Waals surface area contributed by atoms with E-state index in [1.54, 1.807) is 0 Å². The summed E-state index contributed by atoms with van der Waals surface area (Å²) in [5, 5.41) is 10.9. The fraction of sp³-hybridized carbons (Fsp3) is 0.385. The van der Waals surface area contributed by atoms with Gasteiger partial charge in [-0.2, -0.15) is 0 Å². The molecule has 0 aromatic heterocycles. The number of ether oxygens (including phenoxy) is 1. The molecular weight excluding hydrogens is 248 g/mol. The second kappa shape index (κ2) is 5.60. The molecule has 102 valence electrons. The standard InChI is InChI=1S/C13H16N2O4/c1-9-8-19-11-5-3-2-4-10(11)15(9)7-12(16)14-6-13(17)18/h2-5,9H,6-8H2,1H3,(H,14,16)(H,17,18). The topological polar surface area (TPSA) is 78.9 Å². The maximum Gasteiger partial charge on any atom is 0.322 e. The predicted octanol–water partition coefficient (Wildman–Crippen LogP) is 0.475. The lowest BCUT2D eigenvalue weighted by Crippen LogP contribution is -2.47.